The van der Waals surface area contributed by atoms with Gasteiger partial charge in [0.2, 0.25) is 0 Å². The Kier molecular flexibility index (Phi) is 5.65. The highest BCUT2D eigenvalue weighted by atomic mass is 16.1. The predicted molar refractivity (Wildman–Crippen MR) is 99.3 cm³/mol. The van der Waals surface area contributed by atoms with Crippen molar-refractivity contribution in [3.63, 3.8) is 0 Å². The zero-order valence-corrected chi connectivity index (χ0v) is 14.2. The van der Waals surface area contributed by atoms with Crippen LogP contribution in [0, 0.1) is 0 Å². The van der Waals surface area contributed by atoms with Crippen molar-refractivity contribution in [2.45, 2.75) is 31.6 Å². The molecular weight excluding hydrogens is 296 g/mol. The number of anilines is 1. The normalized spacial score (nSPS) is 16.2. The fourth-order valence-corrected chi connectivity index (χ4v) is 3.53. The first-order valence-corrected chi connectivity index (χ1v) is 8.88. The lowest BCUT2D eigenvalue weighted by Gasteiger charge is -2.32. The number of rotatable bonds is 6. The third kappa shape index (κ3) is 4.45. The molecule has 0 atom stereocenters. The molecule has 1 saturated heterocycles. The van der Waals surface area contributed by atoms with Gasteiger partial charge in [0.1, 0.15) is 0 Å². The first kappa shape index (κ1) is 16.7. The second-order valence-corrected chi connectivity index (χ2v) is 6.68. The number of benzene rings is 2. The maximum Gasteiger partial charge on any atom is 0.162 e. The summed E-state index contributed by atoms with van der Waals surface area (Å²) in [4.78, 5) is 14.6. The molecule has 1 aliphatic heterocycles. The second-order valence-electron chi connectivity index (χ2n) is 6.68. The fourth-order valence-electron chi connectivity index (χ4n) is 3.53. The van der Waals surface area contributed by atoms with Gasteiger partial charge in [-0.15, -0.1) is 0 Å². The lowest BCUT2D eigenvalue weighted by atomic mass is 9.89. The second kappa shape index (κ2) is 8.11. The summed E-state index contributed by atoms with van der Waals surface area (Å²) in [5, 5.41) is 0. The highest BCUT2D eigenvalue weighted by Crippen LogP contribution is 2.29. The van der Waals surface area contributed by atoms with Gasteiger partial charge in [-0.05, 0) is 62.5 Å². The van der Waals surface area contributed by atoms with Gasteiger partial charge in [0.15, 0.2) is 5.78 Å². The summed E-state index contributed by atoms with van der Waals surface area (Å²) in [7, 11) is 0. The average molecular weight is 322 g/mol. The Morgan fingerprint density at radius 1 is 1.04 bits per heavy atom. The standard InChI is InChI=1S/C21H26N2O/c22-20-9-4-8-19(16-20)17-11-14-23(15-12-17)13-5-10-21(24)18-6-2-1-3-7-18/h1-4,6-9,16-17H,5,10-15,22H2. The van der Waals surface area contributed by atoms with Crippen LogP contribution in [0.4, 0.5) is 5.69 Å². The van der Waals surface area contributed by atoms with E-state index in [1.54, 1.807) is 0 Å². The Bertz CT molecular complexity index is 661. The molecule has 0 radical (unpaired) electrons. The van der Waals surface area contributed by atoms with E-state index in [1.807, 2.05) is 42.5 Å². The van der Waals surface area contributed by atoms with Gasteiger partial charge in [-0.3, -0.25) is 4.79 Å². The van der Waals surface area contributed by atoms with E-state index in [1.165, 1.54) is 18.4 Å². The van der Waals surface area contributed by atoms with Crippen LogP contribution >= 0.6 is 0 Å². The topological polar surface area (TPSA) is 46.3 Å². The van der Waals surface area contributed by atoms with Gasteiger partial charge in [0, 0.05) is 17.7 Å². The summed E-state index contributed by atoms with van der Waals surface area (Å²) in [6.07, 6.45) is 3.93. The molecule has 1 aliphatic rings. The maximum absolute atomic E-state index is 12.1. The largest absolute Gasteiger partial charge is 0.399 e. The number of piperidine rings is 1. The van der Waals surface area contributed by atoms with E-state index in [4.69, 9.17) is 5.73 Å². The van der Waals surface area contributed by atoms with Gasteiger partial charge >= 0.3 is 0 Å². The van der Waals surface area contributed by atoms with Gasteiger partial charge in [0.05, 0.1) is 0 Å². The van der Waals surface area contributed by atoms with E-state index >= 15 is 0 Å². The Morgan fingerprint density at radius 3 is 2.50 bits per heavy atom. The number of nitrogens with zero attached hydrogens (tertiary/aromatic N) is 1. The Morgan fingerprint density at radius 2 is 1.79 bits per heavy atom. The monoisotopic (exact) mass is 322 g/mol. The molecule has 1 fully saturated rings. The summed E-state index contributed by atoms with van der Waals surface area (Å²) in [6.45, 7) is 3.24. The van der Waals surface area contributed by atoms with Crippen LogP contribution in [0.3, 0.4) is 0 Å². The summed E-state index contributed by atoms with van der Waals surface area (Å²) < 4.78 is 0. The number of likely N-dealkylation sites (tertiary alicyclic amines) is 1. The summed E-state index contributed by atoms with van der Waals surface area (Å²) in [5.41, 5.74) is 8.95. The van der Waals surface area contributed by atoms with Crippen LogP contribution in [-0.2, 0) is 0 Å². The number of nitrogen functional groups attached to an aromatic ring is 1. The Labute approximate surface area is 144 Å². The first-order valence-electron chi connectivity index (χ1n) is 8.88. The van der Waals surface area contributed by atoms with Crippen LogP contribution in [-0.4, -0.2) is 30.3 Å². The molecule has 3 nitrogen and oxygen atoms in total. The number of carbonyl (C=O) groups excluding carboxylic acids is 1. The predicted octanol–water partition coefficient (Wildman–Crippen LogP) is 4.11. The third-order valence-electron chi connectivity index (χ3n) is 4.94. The number of carbonyl (C=O) groups is 1. The van der Waals surface area contributed by atoms with E-state index in [0.717, 1.165) is 37.3 Å². The van der Waals surface area contributed by atoms with Gasteiger partial charge in [0.25, 0.3) is 0 Å². The van der Waals surface area contributed by atoms with E-state index in [0.29, 0.717) is 12.3 Å². The summed E-state index contributed by atoms with van der Waals surface area (Å²) in [5.74, 6) is 0.876. The van der Waals surface area contributed by atoms with Crippen molar-refractivity contribution >= 4 is 11.5 Å². The van der Waals surface area contributed by atoms with Crippen LogP contribution in [0.1, 0.15) is 47.5 Å². The van der Waals surface area contributed by atoms with Crippen molar-refractivity contribution in [3.8, 4) is 0 Å². The molecule has 0 aliphatic carbocycles. The lowest BCUT2D eigenvalue weighted by Crippen LogP contribution is -2.33. The summed E-state index contributed by atoms with van der Waals surface area (Å²) in [6, 6.07) is 17.9. The number of Topliss-reactive ketones (excluding diaryl/α,β-unsaturated/α-hetero) is 1. The van der Waals surface area contributed by atoms with Gasteiger partial charge in [-0.1, -0.05) is 42.5 Å². The van der Waals surface area contributed by atoms with Crippen LogP contribution in [0.25, 0.3) is 0 Å². The minimum Gasteiger partial charge on any atom is -0.399 e. The molecule has 0 amide bonds. The molecule has 0 unspecified atom stereocenters. The Balaban J connectivity index is 1.40. The third-order valence-corrected chi connectivity index (χ3v) is 4.94. The van der Waals surface area contributed by atoms with Crippen molar-refractivity contribution in [3.05, 3.63) is 65.7 Å². The van der Waals surface area contributed by atoms with Crippen molar-refractivity contribution < 1.29 is 4.79 Å². The molecule has 0 bridgehead atoms. The molecule has 1 heterocycles. The molecule has 0 spiro atoms. The SMILES string of the molecule is Nc1cccc(C2CCN(CCCC(=O)c3ccccc3)CC2)c1. The van der Waals surface area contributed by atoms with Gasteiger partial charge in [-0.2, -0.15) is 0 Å². The molecule has 0 aromatic heterocycles. The minimum atomic E-state index is 0.255. The molecule has 2 N–H and O–H groups in total. The number of hydrogen-bond donors (Lipinski definition) is 1. The molecule has 126 valence electrons. The zero-order valence-electron chi connectivity index (χ0n) is 14.2. The molecule has 24 heavy (non-hydrogen) atoms. The molecular formula is C21H26N2O. The number of hydrogen-bond acceptors (Lipinski definition) is 3. The van der Waals surface area contributed by atoms with E-state index < -0.39 is 0 Å². The number of nitrogens with two attached hydrogens (primary N) is 1. The highest BCUT2D eigenvalue weighted by Gasteiger charge is 2.20. The molecule has 0 saturated carbocycles. The fraction of sp³-hybridized carbons (Fsp3) is 0.381. The molecule has 3 heteroatoms. The van der Waals surface area contributed by atoms with E-state index in [-0.39, 0.29) is 5.78 Å². The smallest absolute Gasteiger partial charge is 0.162 e. The zero-order chi connectivity index (χ0) is 16.8. The molecule has 3 rings (SSSR count). The van der Waals surface area contributed by atoms with Crippen molar-refractivity contribution in [1.29, 1.82) is 0 Å². The average Bonchev–Trinajstić information content (AvgIpc) is 2.63. The van der Waals surface area contributed by atoms with E-state index in [9.17, 15) is 4.79 Å². The number of ketones is 1. The Hall–Kier alpha value is -2.13. The van der Waals surface area contributed by atoms with Crippen molar-refractivity contribution in [2.24, 2.45) is 0 Å². The lowest BCUT2D eigenvalue weighted by molar-refractivity contribution is 0.0972. The minimum absolute atomic E-state index is 0.255. The maximum atomic E-state index is 12.1. The highest BCUT2D eigenvalue weighted by molar-refractivity contribution is 5.95. The first-order chi connectivity index (χ1) is 11.7. The summed E-state index contributed by atoms with van der Waals surface area (Å²) >= 11 is 0. The molecule has 2 aromatic carbocycles. The van der Waals surface area contributed by atoms with Crippen molar-refractivity contribution in [2.75, 3.05) is 25.4 Å². The van der Waals surface area contributed by atoms with Gasteiger partial charge in [-0.25, -0.2) is 0 Å². The van der Waals surface area contributed by atoms with Crippen LogP contribution in [0.5, 0.6) is 0 Å². The molecule has 2 aromatic rings. The van der Waals surface area contributed by atoms with Crippen molar-refractivity contribution in [1.82, 2.24) is 4.90 Å². The van der Waals surface area contributed by atoms with Crippen LogP contribution < -0.4 is 5.73 Å². The van der Waals surface area contributed by atoms with Crippen LogP contribution in [0.15, 0.2) is 54.6 Å². The van der Waals surface area contributed by atoms with Crippen LogP contribution in [0.2, 0.25) is 0 Å². The van der Waals surface area contributed by atoms with Gasteiger partial charge < -0.3 is 10.6 Å². The van der Waals surface area contributed by atoms with E-state index in [2.05, 4.69) is 17.0 Å². The quantitative estimate of drug-likeness (QED) is 0.643.